The van der Waals surface area contributed by atoms with Gasteiger partial charge in [-0.05, 0) is 18.3 Å². The summed E-state index contributed by atoms with van der Waals surface area (Å²) >= 11 is 1.43. The first-order valence-corrected chi connectivity index (χ1v) is 6.76. The Kier molecular flexibility index (Phi) is 3.75. The van der Waals surface area contributed by atoms with E-state index in [1.165, 1.54) is 23.4 Å². The lowest BCUT2D eigenvalue weighted by Gasteiger charge is -2.12. The lowest BCUT2D eigenvalue weighted by molar-refractivity contribution is -0.141. The van der Waals surface area contributed by atoms with E-state index in [-0.39, 0.29) is 16.9 Å². The molecule has 0 spiro atoms. The molecule has 1 aromatic heterocycles. The molecule has 98 valence electrons. The average Bonchev–Trinajstić information content (AvgIpc) is 3.11. The molecule has 1 aliphatic carbocycles. The summed E-state index contributed by atoms with van der Waals surface area (Å²) in [6.45, 7) is 0. The number of esters is 1. The number of thioether (sulfide) groups is 1. The minimum atomic E-state index is -0.179. The summed E-state index contributed by atoms with van der Waals surface area (Å²) in [6.07, 6.45) is 5.71. The zero-order valence-corrected chi connectivity index (χ0v) is 11.3. The maximum absolute atomic E-state index is 11.8. The molecule has 0 saturated heterocycles. The molecular formula is C12H16N2O3S. The van der Waals surface area contributed by atoms with Crippen molar-refractivity contribution in [3.63, 3.8) is 0 Å². The lowest BCUT2D eigenvalue weighted by atomic mass is 10.1. The fourth-order valence-corrected chi connectivity index (χ4v) is 2.96. The van der Waals surface area contributed by atoms with Crippen LogP contribution in [-0.2, 0) is 16.6 Å². The van der Waals surface area contributed by atoms with Gasteiger partial charge in [0.15, 0.2) is 5.03 Å². The summed E-state index contributed by atoms with van der Waals surface area (Å²) in [5.74, 6) is 0.566. The van der Waals surface area contributed by atoms with E-state index in [1.54, 1.807) is 19.4 Å². The normalized spacial score (nSPS) is 16.3. The van der Waals surface area contributed by atoms with E-state index in [1.807, 2.05) is 0 Å². The summed E-state index contributed by atoms with van der Waals surface area (Å²) in [6, 6.07) is 0. The summed E-state index contributed by atoms with van der Waals surface area (Å²) in [5, 5.41) is 0.496. The molecule has 1 heterocycles. The maximum Gasteiger partial charge on any atom is 0.306 e. The highest BCUT2D eigenvalue weighted by atomic mass is 32.2. The molecule has 5 nitrogen and oxygen atoms in total. The van der Waals surface area contributed by atoms with Crippen molar-refractivity contribution < 1.29 is 9.53 Å². The second-order valence-electron chi connectivity index (χ2n) is 4.69. The number of rotatable bonds is 5. The molecule has 0 atom stereocenters. The fraction of sp³-hybridized carbons (Fsp3) is 0.583. The number of carbonyl (C=O) groups is 1. The van der Waals surface area contributed by atoms with Gasteiger partial charge in [-0.3, -0.25) is 9.59 Å². The molecular weight excluding hydrogens is 252 g/mol. The molecule has 0 N–H and O–H groups in total. The van der Waals surface area contributed by atoms with Gasteiger partial charge in [-0.2, -0.15) is 0 Å². The van der Waals surface area contributed by atoms with E-state index >= 15 is 0 Å². The number of hydrogen-bond donors (Lipinski definition) is 0. The van der Waals surface area contributed by atoms with E-state index in [0.717, 1.165) is 18.6 Å². The van der Waals surface area contributed by atoms with E-state index in [0.29, 0.717) is 11.4 Å². The van der Waals surface area contributed by atoms with E-state index in [4.69, 9.17) is 4.74 Å². The monoisotopic (exact) mass is 268 g/mol. The Morgan fingerprint density at radius 3 is 2.94 bits per heavy atom. The van der Waals surface area contributed by atoms with Crippen LogP contribution in [0, 0.1) is 5.41 Å². The summed E-state index contributed by atoms with van der Waals surface area (Å²) in [4.78, 5) is 27.1. The standard InChI is InChI=1S/C12H16N2O3S/c1-14-6-5-13-10(11(14)16)18-8-12(3-4-12)7-9(15)17-2/h5-6H,3-4,7-8H2,1-2H3. The Bertz CT molecular complexity index is 508. The van der Waals surface area contributed by atoms with Gasteiger partial charge in [0.25, 0.3) is 5.56 Å². The van der Waals surface area contributed by atoms with Gasteiger partial charge in [-0.15, -0.1) is 11.8 Å². The number of nitrogens with zero attached hydrogens (tertiary/aromatic N) is 2. The van der Waals surface area contributed by atoms with E-state index in [2.05, 4.69) is 4.98 Å². The minimum absolute atomic E-state index is 0.0142. The van der Waals surface area contributed by atoms with Crippen molar-refractivity contribution in [1.82, 2.24) is 9.55 Å². The number of carbonyl (C=O) groups excluding carboxylic acids is 1. The fourth-order valence-electron chi connectivity index (χ4n) is 1.72. The van der Waals surface area contributed by atoms with Gasteiger partial charge in [0.05, 0.1) is 13.5 Å². The SMILES string of the molecule is COC(=O)CC1(CSc2nccn(C)c2=O)CC1. The summed E-state index contributed by atoms with van der Waals surface area (Å²) in [5.41, 5.74) is -0.0725. The average molecular weight is 268 g/mol. The van der Waals surface area contributed by atoms with Gasteiger partial charge in [0, 0.05) is 25.2 Å². The van der Waals surface area contributed by atoms with Crippen LogP contribution in [0.2, 0.25) is 0 Å². The number of ether oxygens (including phenoxy) is 1. The molecule has 0 bridgehead atoms. The van der Waals surface area contributed by atoms with Crippen LogP contribution in [0.3, 0.4) is 0 Å². The van der Waals surface area contributed by atoms with E-state index in [9.17, 15) is 9.59 Å². The Morgan fingerprint density at radius 2 is 2.33 bits per heavy atom. The molecule has 1 aliphatic rings. The molecule has 2 rings (SSSR count). The van der Waals surface area contributed by atoms with Crippen LogP contribution in [0.25, 0.3) is 0 Å². The van der Waals surface area contributed by atoms with Crippen molar-refractivity contribution in [2.24, 2.45) is 12.5 Å². The third kappa shape index (κ3) is 2.93. The Morgan fingerprint density at radius 1 is 1.61 bits per heavy atom. The first-order valence-electron chi connectivity index (χ1n) is 5.78. The van der Waals surface area contributed by atoms with Crippen LogP contribution in [-0.4, -0.2) is 28.4 Å². The zero-order valence-electron chi connectivity index (χ0n) is 10.5. The van der Waals surface area contributed by atoms with Gasteiger partial charge in [-0.25, -0.2) is 4.98 Å². The van der Waals surface area contributed by atoms with Crippen LogP contribution < -0.4 is 5.56 Å². The highest BCUT2D eigenvalue weighted by Crippen LogP contribution is 2.51. The van der Waals surface area contributed by atoms with Crippen LogP contribution in [0.1, 0.15) is 19.3 Å². The molecule has 1 fully saturated rings. The molecule has 0 aromatic carbocycles. The molecule has 6 heteroatoms. The summed E-state index contributed by atoms with van der Waals surface area (Å²) < 4.78 is 6.20. The van der Waals surface area contributed by atoms with Gasteiger partial charge >= 0.3 is 5.97 Å². The quantitative estimate of drug-likeness (QED) is 0.593. The number of aromatic nitrogens is 2. The zero-order chi connectivity index (χ0) is 13.2. The van der Waals surface area contributed by atoms with E-state index < -0.39 is 0 Å². The number of aryl methyl sites for hydroxylation is 1. The van der Waals surface area contributed by atoms with Gasteiger partial charge in [0.2, 0.25) is 0 Å². The van der Waals surface area contributed by atoms with Gasteiger partial charge in [-0.1, -0.05) is 0 Å². The first kappa shape index (κ1) is 13.1. The first-order chi connectivity index (χ1) is 8.56. The Labute approximate surface area is 110 Å². The molecule has 18 heavy (non-hydrogen) atoms. The summed E-state index contributed by atoms with van der Waals surface area (Å²) in [7, 11) is 3.11. The third-order valence-electron chi connectivity index (χ3n) is 3.20. The van der Waals surface area contributed by atoms with Crippen LogP contribution in [0.4, 0.5) is 0 Å². The largest absolute Gasteiger partial charge is 0.469 e. The van der Waals surface area contributed by atoms with Crippen LogP contribution >= 0.6 is 11.8 Å². The molecule has 1 aromatic rings. The predicted octanol–water partition coefficient (Wildman–Crippen LogP) is 1.22. The molecule has 0 unspecified atom stereocenters. The highest BCUT2D eigenvalue weighted by molar-refractivity contribution is 7.99. The third-order valence-corrected chi connectivity index (χ3v) is 4.51. The second kappa shape index (κ2) is 5.14. The van der Waals surface area contributed by atoms with Crippen molar-refractivity contribution in [2.45, 2.75) is 24.3 Å². The second-order valence-corrected chi connectivity index (χ2v) is 5.65. The Balaban J connectivity index is 1.98. The van der Waals surface area contributed by atoms with Gasteiger partial charge < -0.3 is 9.30 Å². The molecule has 0 amide bonds. The predicted molar refractivity (Wildman–Crippen MR) is 68.5 cm³/mol. The molecule has 0 radical (unpaired) electrons. The van der Waals surface area contributed by atoms with Crippen molar-refractivity contribution in [1.29, 1.82) is 0 Å². The topological polar surface area (TPSA) is 61.2 Å². The van der Waals surface area contributed by atoms with Gasteiger partial charge in [0.1, 0.15) is 0 Å². The van der Waals surface area contributed by atoms with Crippen molar-refractivity contribution >= 4 is 17.7 Å². The van der Waals surface area contributed by atoms with Crippen molar-refractivity contribution in [3.05, 3.63) is 22.7 Å². The number of methoxy groups -OCH3 is 1. The lowest BCUT2D eigenvalue weighted by Crippen LogP contribution is -2.20. The van der Waals surface area contributed by atoms with Crippen molar-refractivity contribution in [3.8, 4) is 0 Å². The van der Waals surface area contributed by atoms with Crippen LogP contribution in [0.15, 0.2) is 22.2 Å². The maximum atomic E-state index is 11.8. The molecule has 1 saturated carbocycles. The van der Waals surface area contributed by atoms with Crippen LogP contribution in [0.5, 0.6) is 0 Å². The minimum Gasteiger partial charge on any atom is -0.469 e. The Hall–Kier alpha value is -1.30. The number of hydrogen-bond acceptors (Lipinski definition) is 5. The molecule has 0 aliphatic heterocycles. The highest BCUT2D eigenvalue weighted by Gasteiger charge is 2.44. The van der Waals surface area contributed by atoms with Crippen molar-refractivity contribution in [2.75, 3.05) is 12.9 Å². The smallest absolute Gasteiger partial charge is 0.306 e.